The number of hydrogen-bond acceptors (Lipinski definition) is 5. The Morgan fingerprint density at radius 2 is 1.82 bits per heavy atom. The minimum Gasteiger partial charge on any atom is -0.463 e. The van der Waals surface area contributed by atoms with Crippen molar-refractivity contribution < 1.29 is 19.1 Å². The molecule has 5 heteroatoms. The quantitative estimate of drug-likeness (QED) is 0.618. The summed E-state index contributed by atoms with van der Waals surface area (Å²) in [4.78, 5) is 26.9. The molecule has 0 spiro atoms. The number of aromatic nitrogens is 1. The molecule has 1 aromatic heterocycles. The van der Waals surface area contributed by atoms with E-state index in [4.69, 9.17) is 9.47 Å². The highest BCUT2D eigenvalue weighted by molar-refractivity contribution is 5.87. The number of carbonyl (C=O) groups is 2. The topological polar surface area (TPSA) is 65.5 Å². The Labute approximate surface area is 130 Å². The Hall–Kier alpha value is -2.43. The van der Waals surface area contributed by atoms with Crippen molar-refractivity contribution >= 4 is 24.1 Å². The number of rotatable bonds is 5. The molecule has 0 radical (unpaired) electrons. The predicted octanol–water partition coefficient (Wildman–Crippen LogP) is 3.01. The molecule has 0 saturated heterocycles. The molecule has 0 aliphatic rings. The molecule has 0 fully saturated rings. The van der Waals surface area contributed by atoms with Gasteiger partial charge in [-0.1, -0.05) is 6.07 Å². The number of pyridine rings is 1. The van der Waals surface area contributed by atoms with Gasteiger partial charge in [0, 0.05) is 18.3 Å². The number of hydrogen-bond donors (Lipinski definition) is 0. The van der Waals surface area contributed by atoms with Gasteiger partial charge in [0.1, 0.15) is 5.60 Å². The standard InChI is InChI=1S/C17H21NO4/c1-5-21-15(19)10-7-13-6-8-14(18-12-13)9-11-16(20)22-17(2,3)4/h6-12H,5H2,1-4H3. The number of ether oxygens (including phenoxy) is 2. The molecule has 118 valence electrons. The highest BCUT2D eigenvalue weighted by atomic mass is 16.6. The van der Waals surface area contributed by atoms with Crippen LogP contribution in [-0.4, -0.2) is 29.1 Å². The maximum atomic E-state index is 11.5. The van der Waals surface area contributed by atoms with Crippen molar-refractivity contribution in [1.29, 1.82) is 0 Å². The molecule has 0 saturated carbocycles. The van der Waals surface area contributed by atoms with E-state index >= 15 is 0 Å². The summed E-state index contributed by atoms with van der Waals surface area (Å²) in [5.74, 6) is -0.808. The van der Waals surface area contributed by atoms with Gasteiger partial charge in [-0.15, -0.1) is 0 Å². The van der Waals surface area contributed by atoms with Crippen molar-refractivity contribution in [2.24, 2.45) is 0 Å². The van der Waals surface area contributed by atoms with Crippen LogP contribution in [0.2, 0.25) is 0 Å². The van der Waals surface area contributed by atoms with Gasteiger partial charge >= 0.3 is 11.9 Å². The van der Waals surface area contributed by atoms with Crippen LogP contribution >= 0.6 is 0 Å². The van der Waals surface area contributed by atoms with Crippen LogP contribution in [-0.2, 0) is 19.1 Å². The second-order valence-corrected chi connectivity index (χ2v) is 5.47. The number of nitrogens with zero attached hydrogens (tertiary/aromatic N) is 1. The molecule has 1 heterocycles. The van der Waals surface area contributed by atoms with Gasteiger partial charge in [0.05, 0.1) is 12.3 Å². The Morgan fingerprint density at radius 1 is 1.14 bits per heavy atom. The van der Waals surface area contributed by atoms with Crippen LogP contribution < -0.4 is 0 Å². The lowest BCUT2D eigenvalue weighted by Crippen LogP contribution is -2.22. The second-order valence-electron chi connectivity index (χ2n) is 5.47. The predicted molar refractivity (Wildman–Crippen MR) is 84.8 cm³/mol. The minimum absolute atomic E-state index is 0.343. The maximum Gasteiger partial charge on any atom is 0.331 e. The van der Waals surface area contributed by atoms with E-state index in [9.17, 15) is 9.59 Å². The summed E-state index contributed by atoms with van der Waals surface area (Å²) >= 11 is 0. The molecular formula is C17H21NO4. The van der Waals surface area contributed by atoms with E-state index in [2.05, 4.69) is 4.98 Å². The monoisotopic (exact) mass is 303 g/mol. The summed E-state index contributed by atoms with van der Waals surface area (Å²) < 4.78 is 9.94. The average Bonchev–Trinajstić information content (AvgIpc) is 2.42. The van der Waals surface area contributed by atoms with Crippen LogP contribution in [0.4, 0.5) is 0 Å². The summed E-state index contributed by atoms with van der Waals surface area (Å²) in [5, 5.41) is 0. The summed E-state index contributed by atoms with van der Waals surface area (Å²) in [6.07, 6.45) is 7.47. The SMILES string of the molecule is CCOC(=O)C=Cc1ccc(C=CC(=O)OC(C)(C)C)nc1. The Bertz CT molecular complexity index is 565. The third-order valence-corrected chi connectivity index (χ3v) is 2.30. The van der Waals surface area contributed by atoms with Gasteiger partial charge in [-0.2, -0.15) is 0 Å². The summed E-state index contributed by atoms with van der Waals surface area (Å²) in [6, 6.07) is 3.53. The number of carbonyl (C=O) groups excluding carboxylic acids is 2. The van der Waals surface area contributed by atoms with Gasteiger partial charge in [-0.05, 0) is 51.5 Å². The van der Waals surface area contributed by atoms with Gasteiger partial charge in [0.2, 0.25) is 0 Å². The third kappa shape index (κ3) is 7.38. The molecule has 0 atom stereocenters. The van der Waals surface area contributed by atoms with Crippen molar-refractivity contribution in [3.63, 3.8) is 0 Å². The van der Waals surface area contributed by atoms with E-state index < -0.39 is 17.5 Å². The zero-order valence-electron chi connectivity index (χ0n) is 13.3. The summed E-state index contributed by atoms with van der Waals surface area (Å²) in [6.45, 7) is 7.51. The lowest BCUT2D eigenvalue weighted by Gasteiger charge is -2.17. The fourth-order valence-corrected chi connectivity index (χ4v) is 1.46. The van der Waals surface area contributed by atoms with Crippen LogP contribution in [0.1, 0.15) is 39.0 Å². The van der Waals surface area contributed by atoms with Crippen LogP contribution in [0.5, 0.6) is 0 Å². The first kappa shape index (κ1) is 17.6. The van der Waals surface area contributed by atoms with Gasteiger partial charge in [0.15, 0.2) is 0 Å². The first-order valence-electron chi connectivity index (χ1n) is 7.02. The molecule has 0 amide bonds. The van der Waals surface area contributed by atoms with Crippen LogP contribution in [0.15, 0.2) is 30.5 Å². The molecule has 5 nitrogen and oxygen atoms in total. The lowest BCUT2D eigenvalue weighted by atomic mass is 10.2. The molecular weight excluding hydrogens is 282 g/mol. The second kappa shape index (κ2) is 8.12. The van der Waals surface area contributed by atoms with Crippen molar-refractivity contribution in [2.45, 2.75) is 33.3 Å². The molecule has 0 aliphatic heterocycles. The van der Waals surface area contributed by atoms with E-state index in [-0.39, 0.29) is 0 Å². The highest BCUT2D eigenvalue weighted by Gasteiger charge is 2.13. The zero-order valence-corrected chi connectivity index (χ0v) is 13.3. The molecule has 0 unspecified atom stereocenters. The van der Waals surface area contributed by atoms with E-state index in [0.717, 1.165) is 5.56 Å². The Morgan fingerprint density at radius 3 is 2.36 bits per heavy atom. The van der Waals surface area contributed by atoms with Crippen molar-refractivity contribution in [3.05, 3.63) is 41.7 Å². The van der Waals surface area contributed by atoms with Crippen LogP contribution in [0.3, 0.4) is 0 Å². The van der Waals surface area contributed by atoms with Crippen LogP contribution in [0.25, 0.3) is 12.2 Å². The molecule has 0 bridgehead atoms. The van der Waals surface area contributed by atoms with Crippen molar-refractivity contribution in [1.82, 2.24) is 4.98 Å². The first-order chi connectivity index (χ1) is 10.3. The molecule has 1 aromatic rings. The van der Waals surface area contributed by atoms with Gasteiger partial charge in [0.25, 0.3) is 0 Å². The Kier molecular flexibility index (Phi) is 6.50. The average molecular weight is 303 g/mol. The third-order valence-electron chi connectivity index (χ3n) is 2.30. The fraction of sp³-hybridized carbons (Fsp3) is 0.353. The largest absolute Gasteiger partial charge is 0.463 e. The Balaban J connectivity index is 2.62. The molecule has 22 heavy (non-hydrogen) atoms. The van der Waals surface area contributed by atoms with Gasteiger partial charge in [-0.25, -0.2) is 9.59 Å². The van der Waals surface area contributed by atoms with Crippen molar-refractivity contribution in [3.8, 4) is 0 Å². The van der Waals surface area contributed by atoms with E-state index in [1.807, 2.05) is 20.8 Å². The van der Waals surface area contributed by atoms with Gasteiger partial charge in [-0.3, -0.25) is 4.98 Å². The maximum absolute atomic E-state index is 11.5. The van der Waals surface area contributed by atoms with Gasteiger partial charge < -0.3 is 9.47 Å². The van der Waals surface area contributed by atoms with E-state index in [1.54, 1.807) is 37.4 Å². The summed E-state index contributed by atoms with van der Waals surface area (Å²) in [5.41, 5.74) is 0.873. The fourth-order valence-electron chi connectivity index (χ4n) is 1.46. The molecule has 0 N–H and O–H groups in total. The molecule has 1 rings (SSSR count). The lowest BCUT2D eigenvalue weighted by molar-refractivity contribution is -0.148. The molecule has 0 aliphatic carbocycles. The minimum atomic E-state index is -0.517. The highest BCUT2D eigenvalue weighted by Crippen LogP contribution is 2.09. The molecule has 0 aromatic carbocycles. The van der Waals surface area contributed by atoms with E-state index in [0.29, 0.717) is 12.3 Å². The number of esters is 2. The normalized spacial score (nSPS) is 11.8. The smallest absolute Gasteiger partial charge is 0.331 e. The van der Waals surface area contributed by atoms with Crippen molar-refractivity contribution in [2.75, 3.05) is 6.61 Å². The zero-order chi connectivity index (χ0) is 16.6. The van der Waals surface area contributed by atoms with E-state index in [1.165, 1.54) is 12.2 Å². The summed E-state index contributed by atoms with van der Waals surface area (Å²) in [7, 11) is 0. The first-order valence-corrected chi connectivity index (χ1v) is 7.02. The van der Waals surface area contributed by atoms with Crippen LogP contribution in [0, 0.1) is 0 Å².